The molecule has 2 heterocycles. The number of nitrogens with zero attached hydrogens (tertiary/aromatic N) is 2. The van der Waals surface area contributed by atoms with E-state index >= 15 is 0 Å². The Balaban J connectivity index is 2.30. The minimum Gasteiger partial charge on any atom is -0.343 e. The fraction of sp³-hybridized carbons (Fsp3) is 0.143. The lowest BCUT2D eigenvalue weighted by Crippen LogP contribution is -1.93. The Kier molecular flexibility index (Phi) is 2.75. The van der Waals surface area contributed by atoms with Gasteiger partial charge in [0, 0.05) is 5.69 Å². The smallest absolute Gasteiger partial charge is 0.166 e. The summed E-state index contributed by atoms with van der Waals surface area (Å²) < 4.78 is 13.8. The van der Waals surface area contributed by atoms with Gasteiger partial charge in [-0.1, -0.05) is 23.7 Å². The van der Waals surface area contributed by atoms with Crippen LogP contribution in [0.3, 0.4) is 0 Å². The molecule has 0 spiro atoms. The van der Waals surface area contributed by atoms with Crippen LogP contribution in [0.15, 0.2) is 24.3 Å². The molecule has 0 aliphatic rings. The quantitative estimate of drug-likeness (QED) is 0.681. The topological polar surface area (TPSA) is 41.6 Å². The number of aromatic amines is 1. The number of hydrogen-bond acceptors (Lipinski definition) is 2. The number of halogens is 2. The molecule has 0 fully saturated rings. The summed E-state index contributed by atoms with van der Waals surface area (Å²) in [4.78, 5) is 11.7. The lowest BCUT2D eigenvalue weighted by Gasteiger charge is -2.03. The minimum atomic E-state index is -0.363. The van der Waals surface area contributed by atoms with E-state index in [4.69, 9.17) is 11.6 Å². The van der Waals surface area contributed by atoms with Crippen LogP contribution in [0.1, 0.15) is 11.3 Å². The molecule has 0 aliphatic carbocycles. The molecule has 0 bridgehead atoms. The number of fused-ring (bicyclic) bond motifs is 1. The molecule has 3 aromatic rings. The van der Waals surface area contributed by atoms with Crippen molar-refractivity contribution in [3.63, 3.8) is 0 Å². The molecule has 0 saturated heterocycles. The second kappa shape index (κ2) is 4.31. The third kappa shape index (κ3) is 1.88. The van der Waals surface area contributed by atoms with E-state index in [1.807, 2.05) is 13.8 Å². The van der Waals surface area contributed by atoms with Crippen molar-refractivity contribution in [1.29, 1.82) is 0 Å². The number of aryl methyl sites for hydroxylation is 2. The number of nitrogens with one attached hydrogen (secondary N) is 1. The first-order chi connectivity index (χ1) is 9.08. The van der Waals surface area contributed by atoms with Crippen LogP contribution in [0.25, 0.3) is 22.4 Å². The van der Waals surface area contributed by atoms with Crippen LogP contribution in [-0.2, 0) is 0 Å². The Hall–Kier alpha value is -1.94. The monoisotopic (exact) mass is 275 g/mol. The SMILES string of the molecule is Cc1[nH]c2nc(-c3ccccc3F)nc(Cl)c2c1C. The van der Waals surface area contributed by atoms with Crippen molar-refractivity contribution in [2.24, 2.45) is 0 Å². The van der Waals surface area contributed by atoms with Gasteiger partial charge < -0.3 is 4.98 Å². The van der Waals surface area contributed by atoms with Crippen molar-refractivity contribution >= 4 is 22.6 Å². The minimum absolute atomic E-state index is 0.289. The van der Waals surface area contributed by atoms with Gasteiger partial charge in [0.15, 0.2) is 5.82 Å². The van der Waals surface area contributed by atoms with Crippen molar-refractivity contribution in [2.45, 2.75) is 13.8 Å². The molecule has 3 rings (SSSR count). The van der Waals surface area contributed by atoms with Crippen molar-refractivity contribution in [3.8, 4) is 11.4 Å². The van der Waals surface area contributed by atoms with Gasteiger partial charge in [-0.05, 0) is 31.5 Å². The van der Waals surface area contributed by atoms with E-state index in [0.29, 0.717) is 16.4 Å². The average Bonchev–Trinajstić information content (AvgIpc) is 2.66. The largest absolute Gasteiger partial charge is 0.343 e. The highest BCUT2D eigenvalue weighted by Crippen LogP contribution is 2.29. The fourth-order valence-corrected chi connectivity index (χ4v) is 2.39. The molecule has 1 aromatic carbocycles. The van der Waals surface area contributed by atoms with E-state index in [1.165, 1.54) is 6.07 Å². The molecular formula is C14H11ClFN3. The standard InChI is InChI=1S/C14H11ClFN3/c1-7-8(2)17-14-11(7)12(15)18-13(19-14)9-5-3-4-6-10(9)16/h3-6H,1-2H3,(H,17,18,19). The Morgan fingerprint density at radius 3 is 2.63 bits per heavy atom. The molecule has 0 amide bonds. The lowest BCUT2D eigenvalue weighted by molar-refractivity contribution is 0.630. The van der Waals surface area contributed by atoms with Gasteiger partial charge in [0.05, 0.1) is 10.9 Å². The van der Waals surface area contributed by atoms with Gasteiger partial charge in [-0.2, -0.15) is 0 Å². The number of hydrogen-bond donors (Lipinski definition) is 1. The molecule has 0 aliphatic heterocycles. The van der Waals surface area contributed by atoms with Gasteiger partial charge in [0.2, 0.25) is 0 Å². The molecule has 3 nitrogen and oxygen atoms in total. The van der Waals surface area contributed by atoms with Crippen molar-refractivity contribution in [1.82, 2.24) is 15.0 Å². The molecule has 19 heavy (non-hydrogen) atoms. The van der Waals surface area contributed by atoms with Gasteiger partial charge in [0.25, 0.3) is 0 Å². The van der Waals surface area contributed by atoms with E-state index < -0.39 is 0 Å². The fourth-order valence-electron chi connectivity index (χ4n) is 2.08. The highest BCUT2D eigenvalue weighted by molar-refractivity contribution is 6.34. The van der Waals surface area contributed by atoms with Gasteiger partial charge in [-0.15, -0.1) is 0 Å². The summed E-state index contributed by atoms with van der Waals surface area (Å²) >= 11 is 6.19. The third-order valence-corrected chi connectivity index (χ3v) is 3.50. The van der Waals surface area contributed by atoms with Crippen molar-refractivity contribution in [3.05, 3.63) is 46.5 Å². The molecule has 2 aromatic heterocycles. The third-order valence-electron chi connectivity index (χ3n) is 3.22. The molecule has 0 saturated carbocycles. The predicted octanol–water partition coefficient (Wildman–Crippen LogP) is 4.03. The van der Waals surface area contributed by atoms with Gasteiger partial charge in [-0.3, -0.25) is 0 Å². The van der Waals surface area contributed by atoms with E-state index in [0.717, 1.165) is 16.6 Å². The zero-order valence-corrected chi connectivity index (χ0v) is 11.2. The average molecular weight is 276 g/mol. The Morgan fingerprint density at radius 2 is 1.89 bits per heavy atom. The van der Waals surface area contributed by atoms with E-state index in [1.54, 1.807) is 18.2 Å². The summed E-state index contributed by atoms with van der Waals surface area (Å²) in [6, 6.07) is 6.38. The van der Waals surface area contributed by atoms with Crippen LogP contribution in [-0.4, -0.2) is 15.0 Å². The van der Waals surface area contributed by atoms with Crippen LogP contribution in [0.5, 0.6) is 0 Å². The molecule has 5 heteroatoms. The molecule has 1 N–H and O–H groups in total. The first-order valence-corrected chi connectivity index (χ1v) is 6.23. The summed E-state index contributed by atoms with van der Waals surface area (Å²) in [6.07, 6.45) is 0. The van der Waals surface area contributed by atoms with Crippen LogP contribution in [0, 0.1) is 19.7 Å². The maximum Gasteiger partial charge on any atom is 0.166 e. The molecular weight excluding hydrogens is 265 g/mol. The molecule has 96 valence electrons. The lowest BCUT2D eigenvalue weighted by atomic mass is 10.2. The van der Waals surface area contributed by atoms with Crippen LogP contribution in [0.2, 0.25) is 5.15 Å². The van der Waals surface area contributed by atoms with Crippen LogP contribution >= 0.6 is 11.6 Å². The summed E-state index contributed by atoms with van der Waals surface area (Å²) in [5, 5.41) is 1.13. The molecule has 0 atom stereocenters. The van der Waals surface area contributed by atoms with E-state index in [9.17, 15) is 4.39 Å². The second-order valence-electron chi connectivity index (χ2n) is 4.42. The number of H-pyrrole nitrogens is 1. The highest BCUT2D eigenvalue weighted by atomic mass is 35.5. The van der Waals surface area contributed by atoms with Crippen LogP contribution in [0.4, 0.5) is 4.39 Å². The second-order valence-corrected chi connectivity index (χ2v) is 4.77. The normalized spacial score (nSPS) is 11.2. The summed E-state index contributed by atoms with van der Waals surface area (Å²) in [5.41, 5.74) is 2.97. The Labute approximate surface area is 114 Å². The number of aromatic nitrogens is 3. The predicted molar refractivity (Wildman–Crippen MR) is 73.8 cm³/mol. The summed E-state index contributed by atoms with van der Waals surface area (Å²) in [7, 11) is 0. The van der Waals surface area contributed by atoms with Gasteiger partial charge >= 0.3 is 0 Å². The van der Waals surface area contributed by atoms with Crippen LogP contribution < -0.4 is 0 Å². The molecule has 0 radical (unpaired) electrons. The highest BCUT2D eigenvalue weighted by Gasteiger charge is 2.15. The van der Waals surface area contributed by atoms with E-state index in [2.05, 4.69) is 15.0 Å². The zero-order chi connectivity index (χ0) is 13.6. The number of benzene rings is 1. The summed E-state index contributed by atoms with van der Waals surface area (Å²) in [6.45, 7) is 3.89. The zero-order valence-electron chi connectivity index (χ0n) is 10.5. The maximum atomic E-state index is 13.8. The number of rotatable bonds is 1. The first-order valence-electron chi connectivity index (χ1n) is 5.85. The molecule has 0 unspecified atom stereocenters. The van der Waals surface area contributed by atoms with Gasteiger partial charge in [-0.25, -0.2) is 14.4 Å². The Bertz CT molecular complexity index is 780. The van der Waals surface area contributed by atoms with Gasteiger partial charge in [0.1, 0.15) is 16.6 Å². The summed E-state index contributed by atoms with van der Waals surface area (Å²) in [5.74, 6) is -0.0743. The van der Waals surface area contributed by atoms with E-state index in [-0.39, 0.29) is 11.6 Å². The maximum absolute atomic E-state index is 13.8. The van der Waals surface area contributed by atoms with Crippen molar-refractivity contribution in [2.75, 3.05) is 0 Å². The van der Waals surface area contributed by atoms with Crippen molar-refractivity contribution < 1.29 is 4.39 Å². The first kappa shape index (κ1) is 12.1. The Morgan fingerprint density at radius 1 is 1.16 bits per heavy atom.